The lowest BCUT2D eigenvalue weighted by atomic mass is 9.45. The summed E-state index contributed by atoms with van der Waals surface area (Å²) in [7, 11) is 0. The third-order valence-electron chi connectivity index (χ3n) is 10.4. The van der Waals surface area contributed by atoms with Gasteiger partial charge < -0.3 is 14.9 Å². The number of hydrogen-bond acceptors (Lipinski definition) is 6. The van der Waals surface area contributed by atoms with Gasteiger partial charge in [-0.3, -0.25) is 14.4 Å². The SMILES string of the molecule is CCCCCCCC(=O)OC1(C(=O)CO)CCC2C3CCC4=CC(=O)CCC4(C)C3C(O)CC21C. The second-order valence-electron chi connectivity index (χ2n) is 12.2. The highest BCUT2D eigenvalue weighted by molar-refractivity contribution is 5.92. The molecule has 4 rings (SSSR count). The van der Waals surface area contributed by atoms with E-state index in [4.69, 9.17) is 4.74 Å². The molecule has 0 bridgehead atoms. The average Bonchev–Trinajstić information content (AvgIpc) is 3.10. The van der Waals surface area contributed by atoms with Gasteiger partial charge in [0, 0.05) is 18.3 Å². The molecule has 0 aromatic carbocycles. The first kappa shape index (κ1) is 26.5. The zero-order valence-electron chi connectivity index (χ0n) is 21.8. The molecule has 3 fully saturated rings. The van der Waals surface area contributed by atoms with Crippen molar-refractivity contribution in [3.63, 3.8) is 0 Å². The highest BCUT2D eigenvalue weighted by Crippen LogP contribution is 2.68. The van der Waals surface area contributed by atoms with Crippen molar-refractivity contribution >= 4 is 17.5 Å². The molecule has 196 valence electrons. The van der Waals surface area contributed by atoms with E-state index in [1.807, 2.05) is 13.0 Å². The summed E-state index contributed by atoms with van der Waals surface area (Å²) in [6, 6.07) is 0. The first-order chi connectivity index (χ1) is 16.6. The summed E-state index contributed by atoms with van der Waals surface area (Å²) in [5.74, 6) is -0.268. The van der Waals surface area contributed by atoms with Crippen molar-refractivity contribution < 1.29 is 29.3 Å². The van der Waals surface area contributed by atoms with Crippen LogP contribution in [0.25, 0.3) is 0 Å². The smallest absolute Gasteiger partial charge is 0.306 e. The van der Waals surface area contributed by atoms with Gasteiger partial charge in [-0.25, -0.2) is 0 Å². The third-order valence-corrected chi connectivity index (χ3v) is 10.4. The van der Waals surface area contributed by atoms with Crippen molar-refractivity contribution in [2.45, 2.75) is 116 Å². The number of ether oxygens (including phenoxy) is 1. The first-order valence-corrected chi connectivity index (χ1v) is 13.9. The van der Waals surface area contributed by atoms with Crippen LogP contribution in [0.1, 0.15) is 104 Å². The van der Waals surface area contributed by atoms with E-state index >= 15 is 0 Å². The van der Waals surface area contributed by atoms with Crippen LogP contribution in [0, 0.1) is 28.6 Å². The van der Waals surface area contributed by atoms with E-state index in [0.29, 0.717) is 19.3 Å². The maximum absolute atomic E-state index is 13.3. The molecule has 4 aliphatic rings. The summed E-state index contributed by atoms with van der Waals surface area (Å²) in [6.07, 6.45) is 11.0. The van der Waals surface area contributed by atoms with E-state index in [1.165, 1.54) is 5.57 Å². The summed E-state index contributed by atoms with van der Waals surface area (Å²) in [5.41, 5.74) is -1.13. The quantitative estimate of drug-likeness (QED) is 0.361. The molecule has 0 amide bonds. The molecule has 6 nitrogen and oxygen atoms in total. The number of rotatable bonds is 9. The van der Waals surface area contributed by atoms with Gasteiger partial charge in [0.1, 0.15) is 6.61 Å². The molecule has 35 heavy (non-hydrogen) atoms. The van der Waals surface area contributed by atoms with Gasteiger partial charge >= 0.3 is 5.97 Å². The van der Waals surface area contributed by atoms with Gasteiger partial charge in [0.15, 0.2) is 11.4 Å². The van der Waals surface area contributed by atoms with Crippen LogP contribution in [0.15, 0.2) is 11.6 Å². The maximum atomic E-state index is 13.3. The van der Waals surface area contributed by atoms with Crippen molar-refractivity contribution in [1.29, 1.82) is 0 Å². The second kappa shape index (κ2) is 10.1. The number of carbonyl (C=O) groups excluding carboxylic acids is 3. The molecule has 0 aromatic heterocycles. The van der Waals surface area contributed by atoms with Crippen LogP contribution in [0.3, 0.4) is 0 Å². The fraction of sp³-hybridized carbons (Fsp3) is 0.828. The Bertz CT molecular complexity index is 878. The van der Waals surface area contributed by atoms with Gasteiger partial charge in [-0.05, 0) is 74.2 Å². The van der Waals surface area contributed by atoms with Crippen molar-refractivity contribution in [1.82, 2.24) is 0 Å². The third kappa shape index (κ3) is 4.33. The number of carbonyl (C=O) groups is 3. The van der Waals surface area contributed by atoms with E-state index in [0.717, 1.165) is 57.8 Å². The Morgan fingerprint density at radius 3 is 2.54 bits per heavy atom. The van der Waals surface area contributed by atoms with Crippen LogP contribution in [-0.4, -0.2) is 46.1 Å². The topological polar surface area (TPSA) is 101 Å². The molecule has 4 aliphatic carbocycles. The fourth-order valence-corrected chi connectivity index (χ4v) is 8.60. The molecule has 0 aliphatic heterocycles. The fourth-order valence-electron chi connectivity index (χ4n) is 8.60. The minimum absolute atomic E-state index is 0.0305. The Labute approximate surface area is 209 Å². The van der Waals surface area contributed by atoms with Gasteiger partial charge in [-0.2, -0.15) is 0 Å². The van der Waals surface area contributed by atoms with Crippen molar-refractivity contribution in [3.05, 3.63) is 11.6 Å². The Hall–Kier alpha value is -1.53. The summed E-state index contributed by atoms with van der Waals surface area (Å²) < 4.78 is 6.09. The largest absolute Gasteiger partial charge is 0.450 e. The molecule has 2 N–H and O–H groups in total. The van der Waals surface area contributed by atoms with Crippen LogP contribution in [0.4, 0.5) is 0 Å². The number of aliphatic hydroxyl groups excluding tert-OH is 2. The zero-order valence-corrected chi connectivity index (χ0v) is 21.8. The van der Waals surface area contributed by atoms with E-state index in [2.05, 4.69) is 13.8 Å². The Morgan fingerprint density at radius 2 is 1.83 bits per heavy atom. The molecule has 7 atom stereocenters. The number of ketones is 2. The number of Topliss-reactive ketones (excluding diaryl/α,β-unsaturated/α-hetero) is 1. The summed E-state index contributed by atoms with van der Waals surface area (Å²) >= 11 is 0. The Balaban J connectivity index is 1.59. The molecular weight excluding hydrogens is 444 g/mol. The van der Waals surface area contributed by atoms with Crippen molar-refractivity contribution in [2.75, 3.05) is 6.61 Å². The Kier molecular flexibility index (Phi) is 7.64. The summed E-state index contributed by atoms with van der Waals surface area (Å²) in [6.45, 7) is 5.69. The van der Waals surface area contributed by atoms with E-state index in [9.17, 15) is 24.6 Å². The summed E-state index contributed by atoms with van der Waals surface area (Å²) in [4.78, 5) is 38.3. The predicted molar refractivity (Wildman–Crippen MR) is 132 cm³/mol. The second-order valence-corrected chi connectivity index (χ2v) is 12.2. The molecule has 0 heterocycles. The highest BCUT2D eigenvalue weighted by atomic mass is 16.6. The van der Waals surface area contributed by atoms with Crippen LogP contribution in [-0.2, 0) is 19.1 Å². The lowest BCUT2D eigenvalue weighted by molar-refractivity contribution is -0.202. The van der Waals surface area contributed by atoms with Gasteiger partial charge in [0.05, 0.1) is 6.10 Å². The maximum Gasteiger partial charge on any atom is 0.306 e. The van der Waals surface area contributed by atoms with Crippen LogP contribution in [0.5, 0.6) is 0 Å². The van der Waals surface area contributed by atoms with Gasteiger partial charge in [0.25, 0.3) is 0 Å². The van der Waals surface area contributed by atoms with Crippen molar-refractivity contribution in [3.8, 4) is 0 Å². The molecule has 0 aromatic rings. The molecular formula is C29H44O6. The number of hydrogen-bond donors (Lipinski definition) is 2. The first-order valence-electron chi connectivity index (χ1n) is 13.9. The number of unbranched alkanes of at least 4 members (excludes halogenated alkanes) is 4. The predicted octanol–water partition coefficient (Wildman–Crippen LogP) is 4.69. The van der Waals surface area contributed by atoms with Gasteiger partial charge in [0.2, 0.25) is 5.78 Å². The molecule has 6 heteroatoms. The van der Waals surface area contributed by atoms with E-state index in [1.54, 1.807) is 0 Å². The molecule has 3 saturated carbocycles. The van der Waals surface area contributed by atoms with Gasteiger partial charge in [-0.15, -0.1) is 0 Å². The molecule has 0 radical (unpaired) electrons. The average molecular weight is 489 g/mol. The van der Waals surface area contributed by atoms with Crippen LogP contribution in [0.2, 0.25) is 0 Å². The standard InChI is InChI=1S/C29H44O6/c1-4-5-6-7-8-9-25(34)35-29(24(33)18-30)15-13-22-21-11-10-19-16-20(31)12-14-27(19,2)26(21)23(32)17-28(22,29)3/h16,21-23,26,30,32H,4-15,17-18H2,1-3H3. The van der Waals surface area contributed by atoms with E-state index < -0.39 is 29.5 Å². The number of aliphatic hydroxyl groups is 2. The lowest BCUT2D eigenvalue weighted by Gasteiger charge is -2.60. The minimum atomic E-state index is -1.38. The number of fused-ring (bicyclic) bond motifs is 5. The summed E-state index contributed by atoms with van der Waals surface area (Å²) in [5, 5.41) is 21.5. The van der Waals surface area contributed by atoms with Crippen LogP contribution < -0.4 is 0 Å². The van der Waals surface area contributed by atoms with E-state index in [-0.39, 0.29) is 41.3 Å². The molecule has 7 unspecified atom stereocenters. The molecule has 0 spiro atoms. The Morgan fingerprint density at radius 1 is 1.09 bits per heavy atom. The van der Waals surface area contributed by atoms with Gasteiger partial charge in [-0.1, -0.05) is 52.0 Å². The minimum Gasteiger partial charge on any atom is -0.450 e. The van der Waals surface area contributed by atoms with Crippen LogP contribution >= 0.6 is 0 Å². The monoisotopic (exact) mass is 488 g/mol. The number of allylic oxidation sites excluding steroid dienone is 1. The molecule has 0 saturated heterocycles. The number of esters is 1. The lowest BCUT2D eigenvalue weighted by Crippen LogP contribution is -2.63. The van der Waals surface area contributed by atoms with Crippen molar-refractivity contribution in [2.24, 2.45) is 28.6 Å². The zero-order chi connectivity index (χ0) is 25.4. The normalized spacial score (nSPS) is 40.4. The highest BCUT2D eigenvalue weighted by Gasteiger charge is 2.70.